The largest absolute Gasteiger partial charge is 0.285 e. The van der Waals surface area contributed by atoms with Gasteiger partial charge in [0.15, 0.2) is 5.16 Å². The van der Waals surface area contributed by atoms with Gasteiger partial charge in [0.05, 0.1) is 16.6 Å². The van der Waals surface area contributed by atoms with Crippen LogP contribution in [-0.4, -0.2) is 14.5 Å². The van der Waals surface area contributed by atoms with Crippen LogP contribution in [0.2, 0.25) is 0 Å². The van der Waals surface area contributed by atoms with Crippen LogP contribution in [0.4, 0.5) is 0 Å². The predicted molar refractivity (Wildman–Crippen MR) is 111 cm³/mol. The van der Waals surface area contributed by atoms with Gasteiger partial charge in [-0.1, -0.05) is 23.9 Å². The van der Waals surface area contributed by atoms with Crippen LogP contribution in [-0.2, 0) is 5.75 Å². The van der Waals surface area contributed by atoms with E-state index in [0.717, 1.165) is 21.4 Å². The fraction of sp³-hybridized carbons (Fsp3) is 0.211. The minimum absolute atomic E-state index is 0.0188. The van der Waals surface area contributed by atoms with Crippen molar-refractivity contribution in [3.8, 4) is 10.6 Å². The fourth-order valence-electron chi connectivity index (χ4n) is 2.71. The number of thiazole rings is 1. The number of thioether (sulfide) groups is 1. The van der Waals surface area contributed by atoms with Gasteiger partial charge in [0.2, 0.25) is 0 Å². The van der Waals surface area contributed by atoms with Gasteiger partial charge in [0, 0.05) is 28.1 Å². The Hall–Kier alpha value is -1.96. The number of nitrogens with zero attached hydrogens (tertiary/aromatic N) is 3. The molecule has 0 aliphatic rings. The van der Waals surface area contributed by atoms with Gasteiger partial charge in [-0.05, 0) is 37.4 Å². The summed E-state index contributed by atoms with van der Waals surface area (Å²) in [6, 6.07) is 9.66. The molecular weight excluding hydrogens is 382 g/mol. The van der Waals surface area contributed by atoms with Crippen LogP contribution in [0.15, 0.2) is 56.4 Å². The van der Waals surface area contributed by atoms with E-state index in [-0.39, 0.29) is 11.6 Å². The second-order valence-electron chi connectivity index (χ2n) is 6.13. The van der Waals surface area contributed by atoms with Crippen molar-refractivity contribution in [2.75, 3.05) is 0 Å². The third kappa shape index (κ3) is 3.34. The fourth-order valence-corrected chi connectivity index (χ4v) is 5.37. The molecule has 0 aliphatic carbocycles. The molecule has 0 atom stereocenters. The summed E-state index contributed by atoms with van der Waals surface area (Å²) in [5.41, 5.74) is 2.94. The average molecular weight is 400 g/mol. The van der Waals surface area contributed by atoms with Gasteiger partial charge in [-0.15, -0.1) is 11.3 Å². The molecule has 0 saturated carbocycles. The summed E-state index contributed by atoms with van der Waals surface area (Å²) in [6.45, 7) is 4.03. The zero-order chi connectivity index (χ0) is 18.1. The number of aromatic nitrogens is 3. The van der Waals surface area contributed by atoms with Crippen molar-refractivity contribution in [2.45, 2.75) is 30.8 Å². The highest BCUT2D eigenvalue weighted by atomic mass is 32.2. The SMILES string of the molecule is CC(C)n1c(SCc2csc(-c3ccsc3)n2)nc2ccccc2c1=O. The van der Waals surface area contributed by atoms with E-state index in [1.54, 1.807) is 39.0 Å². The minimum atomic E-state index is 0.0188. The third-order valence-electron chi connectivity index (χ3n) is 3.96. The summed E-state index contributed by atoms with van der Waals surface area (Å²) in [7, 11) is 0. The lowest BCUT2D eigenvalue weighted by molar-refractivity contribution is 0.519. The molecule has 3 aromatic heterocycles. The molecule has 0 amide bonds. The van der Waals surface area contributed by atoms with E-state index in [9.17, 15) is 4.79 Å². The van der Waals surface area contributed by atoms with Crippen LogP contribution in [0.25, 0.3) is 21.5 Å². The molecule has 4 nitrogen and oxygen atoms in total. The normalized spacial score (nSPS) is 11.5. The molecule has 3 heterocycles. The van der Waals surface area contributed by atoms with Crippen molar-refractivity contribution in [1.29, 1.82) is 0 Å². The summed E-state index contributed by atoms with van der Waals surface area (Å²) < 4.78 is 1.78. The highest BCUT2D eigenvalue weighted by Crippen LogP contribution is 2.29. The highest BCUT2D eigenvalue weighted by molar-refractivity contribution is 7.98. The Labute approximate surface area is 163 Å². The number of hydrogen-bond donors (Lipinski definition) is 0. The first-order valence-corrected chi connectivity index (χ1v) is 11.1. The second kappa shape index (κ2) is 7.34. The highest BCUT2D eigenvalue weighted by Gasteiger charge is 2.14. The van der Waals surface area contributed by atoms with Gasteiger partial charge in [-0.25, -0.2) is 9.97 Å². The Morgan fingerprint density at radius 1 is 1.15 bits per heavy atom. The molecule has 0 spiro atoms. The van der Waals surface area contributed by atoms with Crippen LogP contribution >= 0.6 is 34.4 Å². The molecule has 0 aliphatic heterocycles. The molecule has 0 saturated heterocycles. The lowest BCUT2D eigenvalue weighted by Gasteiger charge is -2.15. The number of rotatable bonds is 5. The Bertz CT molecular complexity index is 1100. The molecule has 0 unspecified atom stereocenters. The molecular formula is C19H17N3OS3. The summed E-state index contributed by atoms with van der Waals surface area (Å²) in [5, 5.41) is 8.70. The smallest absolute Gasteiger partial charge is 0.262 e. The number of benzene rings is 1. The standard InChI is InChI=1S/C19H17N3OS3/c1-12(2)22-18(23)15-5-3-4-6-16(15)21-19(22)26-11-14-10-25-17(20-14)13-7-8-24-9-13/h3-10,12H,11H2,1-2H3. The van der Waals surface area contributed by atoms with Gasteiger partial charge in [0.1, 0.15) is 5.01 Å². The molecule has 0 N–H and O–H groups in total. The molecule has 0 bridgehead atoms. The molecule has 7 heteroatoms. The zero-order valence-electron chi connectivity index (χ0n) is 14.4. The van der Waals surface area contributed by atoms with Gasteiger partial charge in [-0.2, -0.15) is 11.3 Å². The van der Waals surface area contributed by atoms with E-state index in [1.165, 1.54) is 5.56 Å². The Balaban J connectivity index is 1.65. The molecule has 0 fully saturated rings. The van der Waals surface area contributed by atoms with E-state index in [0.29, 0.717) is 11.1 Å². The first-order chi connectivity index (χ1) is 12.6. The van der Waals surface area contributed by atoms with Crippen LogP contribution in [0, 0.1) is 0 Å². The second-order valence-corrected chi connectivity index (χ2v) is 8.71. The average Bonchev–Trinajstić information content (AvgIpc) is 3.31. The maximum atomic E-state index is 12.9. The number of para-hydroxylation sites is 1. The van der Waals surface area contributed by atoms with Crippen LogP contribution in [0.1, 0.15) is 25.6 Å². The number of thiophene rings is 1. The Morgan fingerprint density at radius 2 is 2.00 bits per heavy atom. The third-order valence-corrected chi connectivity index (χ3v) is 6.57. The quantitative estimate of drug-likeness (QED) is 0.330. The molecule has 4 rings (SSSR count). The van der Waals surface area contributed by atoms with Gasteiger partial charge >= 0.3 is 0 Å². The van der Waals surface area contributed by atoms with Gasteiger partial charge in [0.25, 0.3) is 5.56 Å². The maximum absolute atomic E-state index is 12.9. The Morgan fingerprint density at radius 3 is 2.77 bits per heavy atom. The molecule has 1 aromatic carbocycles. The van der Waals surface area contributed by atoms with Gasteiger partial charge < -0.3 is 0 Å². The van der Waals surface area contributed by atoms with Crippen LogP contribution in [0.5, 0.6) is 0 Å². The number of fused-ring (bicyclic) bond motifs is 1. The summed E-state index contributed by atoms with van der Waals surface area (Å²) in [4.78, 5) is 22.3. The van der Waals surface area contributed by atoms with E-state index in [1.807, 2.05) is 38.1 Å². The number of hydrogen-bond acceptors (Lipinski definition) is 6. The molecule has 26 heavy (non-hydrogen) atoms. The summed E-state index contributed by atoms with van der Waals surface area (Å²) in [5.74, 6) is 0.693. The van der Waals surface area contributed by atoms with Gasteiger partial charge in [-0.3, -0.25) is 9.36 Å². The topological polar surface area (TPSA) is 47.8 Å². The van der Waals surface area contributed by atoms with Crippen molar-refractivity contribution in [3.63, 3.8) is 0 Å². The van der Waals surface area contributed by atoms with E-state index >= 15 is 0 Å². The van der Waals surface area contributed by atoms with E-state index < -0.39 is 0 Å². The molecule has 0 radical (unpaired) electrons. The zero-order valence-corrected chi connectivity index (χ0v) is 16.8. The van der Waals surface area contributed by atoms with Crippen molar-refractivity contribution < 1.29 is 0 Å². The maximum Gasteiger partial charge on any atom is 0.262 e. The van der Waals surface area contributed by atoms with Crippen molar-refractivity contribution in [3.05, 3.63) is 62.5 Å². The Kier molecular flexibility index (Phi) is 4.93. The van der Waals surface area contributed by atoms with E-state index in [4.69, 9.17) is 9.97 Å². The summed E-state index contributed by atoms with van der Waals surface area (Å²) >= 11 is 4.89. The minimum Gasteiger partial charge on any atom is -0.285 e. The van der Waals surface area contributed by atoms with Crippen LogP contribution < -0.4 is 5.56 Å². The monoisotopic (exact) mass is 399 g/mol. The lowest BCUT2D eigenvalue weighted by atomic mass is 10.2. The van der Waals surface area contributed by atoms with Crippen molar-refractivity contribution >= 4 is 45.3 Å². The lowest BCUT2D eigenvalue weighted by Crippen LogP contribution is -2.25. The van der Waals surface area contributed by atoms with E-state index in [2.05, 4.69) is 22.2 Å². The van der Waals surface area contributed by atoms with Crippen molar-refractivity contribution in [1.82, 2.24) is 14.5 Å². The first-order valence-electron chi connectivity index (χ1n) is 8.24. The first kappa shape index (κ1) is 17.5. The van der Waals surface area contributed by atoms with Crippen LogP contribution in [0.3, 0.4) is 0 Å². The van der Waals surface area contributed by atoms with Crippen molar-refractivity contribution in [2.24, 2.45) is 0 Å². The summed E-state index contributed by atoms with van der Waals surface area (Å²) in [6.07, 6.45) is 0. The molecule has 4 aromatic rings. The predicted octanol–water partition coefficient (Wildman–Crippen LogP) is 5.45. The molecule has 132 valence electrons.